The van der Waals surface area contributed by atoms with E-state index in [4.69, 9.17) is 4.74 Å². The van der Waals surface area contributed by atoms with E-state index >= 15 is 0 Å². The van der Waals surface area contributed by atoms with Crippen LogP contribution in [0.2, 0.25) is 0 Å². The summed E-state index contributed by atoms with van der Waals surface area (Å²) in [6.07, 6.45) is 12.8. The summed E-state index contributed by atoms with van der Waals surface area (Å²) in [5.74, 6) is 0.132. The first-order chi connectivity index (χ1) is 24.8. The van der Waals surface area contributed by atoms with Gasteiger partial charge in [0.15, 0.2) is 0 Å². The second-order valence-corrected chi connectivity index (χ2v) is 15.7. The molecular formula is C38H55N7O6S. The molecule has 3 amide bonds. The number of amides is 3. The fourth-order valence-corrected chi connectivity index (χ4v) is 6.85. The van der Waals surface area contributed by atoms with Crippen LogP contribution in [-0.4, -0.2) is 108 Å². The Kier molecular flexibility index (Phi) is 15.3. The van der Waals surface area contributed by atoms with E-state index in [0.29, 0.717) is 19.5 Å². The molecule has 2 N–H and O–H groups in total. The number of piperidine rings is 1. The highest BCUT2D eigenvalue weighted by Gasteiger charge is 2.33. The average Bonchev–Trinajstić information content (AvgIpc) is 3.10. The maximum absolute atomic E-state index is 12.6. The molecule has 2 aliphatic rings. The monoisotopic (exact) mass is 737 g/mol. The molecule has 4 rings (SSSR count). The Morgan fingerprint density at radius 3 is 2.31 bits per heavy atom. The molecule has 0 spiro atoms. The zero-order valence-corrected chi connectivity index (χ0v) is 32.1. The van der Waals surface area contributed by atoms with E-state index < -0.39 is 11.6 Å². The first-order valence-electron chi connectivity index (χ1n) is 18.2. The molecule has 1 aromatic heterocycles. The molecule has 52 heavy (non-hydrogen) atoms. The molecule has 0 bridgehead atoms. The number of methoxy groups -OCH3 is 1. The minimum absolute atomic E-state index is 0.0130. The molecular weight excluding hydrogens is 683 g/mol. The molecule has 14 heteroatoms. The Hall–Kier alpha value is -4.17. The standard InChI is InChI=1S/C38H55N7O6S/c1-37(2,3)51-36(49)42-38(4)17-20-44(21-18-38)31-27-40-33(28-39-31)52-30-13-11-12-29(26-30)41-32(46)14-9-7-6-8-10-19-43-22-24-45(25-23-43)34(47)15-16-35(48)50-5/h11-13,15-16,26-28H,6-10,14,17-25H2,1-5H3,(H,41,46)(H,42,49)/b16-15+. The number of ether oxygens (including phenoxy) is 2. The molecule has 0 atom stereocenters. The van der Waals surface area contributed by atoms with Gasteiger partial charge in [-0.05, 0) is 78.1 Å². The predicted molar refractivity (Wildman–Crippen MR) is 202 cm³/mol. The van der Waals surface area contributed by atoms with E-state index in [1.165, 1.54) is 24.9 Å². The molecule has 0 radical (unpaired) electrons. The molecule has 2 fully saturated rings. The lowest BCUT2D eigenvalue weighted by molar-refractivity contribution is -0.135. The number of anilines is 2. The lowest BCUT2D eigenvalue weighted by Crippen LogP contribution is -2.54. The number of rotatable bonds is 15. The zero-order valence-electron chi connectivity index (χ0n) is 31.3. The van der Waals surface area contributed by atoms with E-state index in [-0.39, 0.29) is 23.4 Å². The topological polar surface area (TPSA) is 146 Å². The number of esters is 1. The fourth-order valence-electron chi connectivity index (χ4n) is 6.07. The summed E-state index contributed by atoms with van der Waals surface area (Å²) >= 11 is 1.50. The van der Waals surface area contributed by atoms with Crippen molar-refractivity contribution in [2.75, 3.05) is 63.1 Å². The quantitative estimate of drug-likeness (QED) is 0.133. The molecule has 284 valence electrons. The fraction of sp³-hybridized carbons (Fsp3) is 0.579. The summed E-state index contributed by atoms with van der Waals surface area (Å²) in [5, 5.41) is 6.84. The van der Waals surface area contributed by atoms with E-state index in [0.717, 1.165) is 105 Å². The largest absolute Gasteiger partial charge is 0.466 e. The lowest BCUT2D eigenvalue weighted by atomic mass is 9.90. The van der Waals surface area contributed by atoms with Crippen molar-refractivity contribution in [3.05, 3.63) is 48.8 Å². The number of alkyl carbamates (subject to hydrolysis) is 1. The smallest absolute Gasteiger partial charge is 0.408 e. The molecule has 13 nitrogen and oxygen atoms in total. The molecule has 0 saturated carbocycles. The minimum Gasteiger partial charge on any atom is -0.466 e. The maximum atomic E-state index is 12.6. The zero-order chi connectivity index (χ0) is 37.6. The van der Waals surface area contributed by atoms with Gasteiger partial charge in [0.05, 0.1) is 19.5 Å². The Morgan fingerprint density at radius 1 is 0.923 bits per heavy atom. The third kappa shape index (κ3) is 14.1. The van der Waals surface area contributed by atoms with Crippen LogP contribution in [0.5, 0.6) is 0 Å². The van der Waals surface area contributed by atoms with Crippen LogP contribution in [0.1, 0.15) is 79.1 Å². The number of nitrogens with zero attached hydrogens (tertiary/aromatic N) is 5. The van der Waals surface area contributed by atoms with Crippen LogP contribution in [0.15, 0.2) is 58.7 Å². The van der Waals surface area contributed by atoms with Crippen molar-refractivity contribution in [3.63, 3.8) is 0 Å². The van der Waals surface area contributed by atoms with Gasteiger partial charge in [-0.3, -0.25) is 14.5 Å². The summed E-state index contributed by atoms with van der Waals surface area (Å²) in [4.78, 5) is 64.9. The van der Waals surface area contributed by atoms with Crippen molar-refractivity contribution >= 4 is 47.1 Å². The van der Waals surface area contributed by atoms with Gasteiger partial charge in [-0.15, -0.1) is 0 Å². The van der Waals surface area contributed by atoms with Crippen LogP contribution < -0.4 is 15.5 Å². The van der Waals surface area contributed by atoms with Crippen LogP contribution in [0.3, 0.4) is 0 Å². The molecule has 2 saturated heterocycles. The van der Waals surface area contributed by atoms with Gasteiger partial charge in [-0.2, -0.15) is 0 Å². The summed E-state index contributed by atoms with van der Waals surface area (Å²) < 4.78 is 9.98. The van der Waals surface area contributed by atoms with Gasteiger partial charge < -0.3 is 29.9 Å². The van der Waals surface area contributed by atoms with Crippen molar-refractivity contribution in [2.24, 2.45) is 0 Å². The Balaban J connectivity index is 1.08. The first-order valence-corrected chi connectivity index (χ1v) is 19.1. The summed E-state index contributed by atoms with van der Waals surface area (Å²) in [7, 11) is 1.29. The van der Waals surface area contributed by atoms with Crippen LogP contribution in [0, 0.1) is 0 Å². The maximum Gasteiger partial charge on any atom is 0.408 e. The minimum atomic E-state index is -0.533. The lowest BCUT2D eigenvalue weighted by Gasteiger charge is -2.40. The van der Waals surface area contributed by atoms with Gasteiger partial charge in [-0.1, -0.05) is 37.1 Å². The summed E-state index contributed by atoms with van der Waals surface area (Å²) in [6, 6.07) is 7.77. The third-order valence-corrected chi connectivity index (χ3v) is 9.98. The van der Waals surface area contributed by atoms with Crippen molar-refractivity contribution in [1.82, 2.24) is 25.1 Å². The second-order valence-electron chi connectivity index (χ2n) is 14.6. The number of hydrogen-bond donors (Lipinski definition) is 2. The van der Waals surface area contributed by atoms with Crippen molar-refractivity contribution < 1.29 is 28.7 Å². The number of nitrogens with one attached hydrogen (secondary N) is 2. The summed E-state index contributed by atoms with van der Waals surface area (Å²) in [6.45, 7) is 13.1. The van der Waals surface area contributed by atoms with E-state index in [1.807, 2.05) is 45.0 Å². The van der Waals surface area contributed by atoms with Crippen LogP contribution >= 0.6 is 11.8 Å². The van der Waals surface area contributed by atoms with Crippen molar-refractivity contribution in [3.8, 4) is 0 Å². The molecule has 0 unspecified atom stereocenters. The third-order valence-electron chi connectivity index (χ3n) is 9.07. The highest BCUT2D eigenvalue weighted by molar-refractivity contribution is 7.99. The van der Waals surface area contributed by atoms with E-state index in [9.17, 15) is 19.2 Å². The molecule has 2 aromatic rings. The number of piperazine rings is 1. The van der Waals surface area contributed by atoms with Crippen molar-refractivity contribution in [1.29, 1.82) is 0 Å². The van der Waals surface area contributed by atoms with Gasteiger partial charge >= 0.3 is 12.1 Å². The first kappa shape index (κ1) is 40.6. The van der Waals surface area contributed by atoms with Gasteiger partial charge in [0, 0.05) is 74.0 Å². The van der Waals surface area contributed by atoms with Crippen LogP contribution in [-0.2, 0) is 23.9 Å². The van der Waals surface area contributed by atoms with Gasteiger partial charge in [0.25, 0.3) is 0 Å². The number of benzene rings is 1. The SMILES string of the molecule is COC(=O)/C=C/C(=O)N1CCN(CCCCCCCC(=O)Nc2cccc(Sc3cnc(N4CCC(C)(NC(=O)OC(C)(C)C)CC4)cn3)c2)CC1. The Bertz CT molecular complexity index is 1510. The highest BCUT2D eigenvalue weighted by Crippen LogP contribution is 2.30. The number of carbonyl (C=O) groups is 4. The number of unbranched alkanes of at least 4 members (excludes halogenated alkanes) is 4. The second kappa shape index (κ2) is 19.6. The Morgan fingerprint density at radius 2 is 1.63 bits per heavy atom. The molecule has 3 heterocycles. The van der Waals surface area contributed by atoms with Gasteiger partial charge in [0.1, 0.15) is 16.4 Å². The van der Waals surface area contributed by atoms with Crippen molar-refractivity contribution in [2.45, 2.75) is 100 Å². The highest BCUT2D eigenvalue weighted by atomic mass is 32.2. The van der Waals surface area contributed by atoms with Crippen LogP contribution in [0.4, 0.5) is 16.3 Å². The van der Waals surface area contributed by atoms with Gasteiger partial charge in [-0.25, -0.2) is 19.6 Å². The number of aromatic nitrogens is 2. The Labute approximate surface area is 312 Å². The number of carbonyl (C=O) groups excluding carboxylic acids is 4. The normalized spacial score (nSPS) is 16.4. The summed E-state index contributed by atoms with van der Waals surface area (Å²) in [5.41, 5.74) is -0.104. The van der Waals surface area contributed by atoms with Crippen LogP contribution in [0.25, 0.3) is 0 Å². The average molecular weight is 738 g/mol. The predicted octanol–water partition coefficient (Wildman–Crippen LogP) is 5.66. The molecule has 1 aromatic carbocycles. The molecule has 2 aliphatic heterocycles. The van der Waals surface area contributed by atoms with E-state index in [2.05, 4.69) is 42.1 Å². The number of hydrogen-bond acceptors (Lipinski definition) is 11. The van der Waals surface area contributed by atoms with E-state index in [1.54, 1.807) is 17.3 Å². The van der Waals surface area contributed by atoms with Gasteiger partial charge in [0.2, 0.25) is 11.8 Å². The molecule has 0 aliphatic carbocycles.